The van der Waals surface area contributed by atoms with Crippen molar-refractivity contribution < 1.29 is 25.8 Å². The Kier molecular flexibility index (Phi) is 7.51. The quantitative estimate of drug-likeness (QED) is 0.165. The Morgan fingerprint density at radius 3 is 2.44 bits per heavy atom. The molecule has 6 nitrogen and oxygen atoms in total. The molecule has 0 unspecified atom stereocenters. The molecule has 4 heterocycles. The fourth-order valence-corrected chi connectivity index (χ4v) is 5.52. The van der Waals surface area contributed by atoms with Crippen molar-refractivity contribution in [3.05, 3.63) is 116 Å². The first-order valence-corrected chi connectivity index (χ1v) is 14.3. The maximum Gasteiger partial charge on any atom is 0.135 e. The van der Waals surface area contributed by atoms with Crippen LogP contribution in [0.2, 0.25) is 0 Å². The van der Waals surface area contributed by atoms with Crippen LogP contribution in [0.15, 0.2) is 91.3 Å². The van der Waals surface area contributed by atoms with Crippen LogP contribution in [0.5, 0.6) is 11.5 Å². The molecule has 7 heteroatoms. The fourth-order valence-electron chi connectivity index (χ4n) is 5.52. The molecule has 0 bridgehead atoms. The molecule has 0 fully saturated rings. The number of anilines is 3. The summed E-state index contributed by atoms with van der Waals surface area (Å²) in [5.74, 6) is 3.02. The molecule has 0 spiro atoms. The summed E-state index contributed by atoms with van der Waals surface area (Å²) in [7, 11) is 0. The maximum absolute atomic E-state index is 6.40. The average molecular weight is 746 g/mol. The van der Waals surface area contributed by atoms with Crippen LogP contribution in [0.1, 0.15) is 40.2 Å². The molecule has 0 amide bonds. The number of benzene rings is 3. The summed E-state index contributed by atoms with van der Waals surface area (Å²) in [5, 5.41) is 2.25. The number of nitrogens with zero attached hydrogens (tertiary/aromatic N) is 5. The van der Waals surface area contributed by atoms with Crippen LogP contribution in [0.4, 0.5) is 17.2 Å². The van der Waals surface area contributed by atoms with Crippen molar-refractivity contribution in [1.29, 1.82) is 0 Å². The molecule has 0 saturated heterocycles. The van der Waals surface area contributed by atoms with Crippen LogP contribution in [-0.4, -0.2) is 20.6 Å². The number of fused-ring (bicyclic) bond motifs is 4. The summed E-state index contributed by atoms with van der Waals surface area (Å²) in [6.45, 7) is 13.0. The Bertz CT molecular complexity index is 1940. The van der Waals surface area contributed by atoms with Crippen molar-refractivity contribution in [3.8, 4) is 17.3 Å². The van der Waals surface area contributed by atoms with E-state index >= 15 is 0 Å². The van der Waals surface area contributed by atoms with Gasteiger partial charge in [0.1, 0.15) is 11.6 Å². The number of rotatable bonds is 5. The van der Waals surface area contributed by atoms with E-state index in [9.17, 15) is 0 Å². The van der Waals surface area contributed by atoms with E-state index in [0.29, 0.717) is 11.5 Å². The van der Waals surface area contributed by atoms with E-state index in [0.717, 1.165) is 44.8 Å². The second kappa shape index (κ2) is 11.2. The molecule has 1 aliphatic heterocycles. The van der Waals surface area contributed by atoms with E-state index in [1.807, 2.05) is 42.7 Å². The van der Waals surface area contributed by atoms with Gasteiger partial charge in [-0.05, 0) is 66.6 Å². The van der Waals surface area contributed by atoms with Gasteiger partial charge in [-0.15, -0.1) is 48.1 Å². The molecule has 0 atom stereocenters. The number of hydrogen-bond acceptors (Lipinski definition) is 5. The van der Waals surface area contributed by atoms with Crippen molar-refractivity contribution in [2.45, 2.75) is 46.1 Å². The summed E-state index contributed by atoms with van der Waals surface area (Å²) in [5.41, 5.74) is 5.13. The molecule has 0 radical (unpaired) electrons. The third-order valence-electron chi connectivity index (χ3n) is 7.70. The van der Waals surface area contributed by atoms with E-state index in [2.05, 4.69) is 121 Å². The zero-order chi connectivity index (χ0) is 29.0. The monoisotopic (exact) mass is 745 g/mol. The molecular weight excluding hydrogens is 714 g/mol. The standard InChI is InChI=1S/C36H32N5O.Pt/c1-24(2)39-23-40(32-14-9-18-38-35(32)39)26-10-8-11-27(21-26)42-28-15-16-30-29-12-6-7-13-31(29)41(33(30)22-28)34-20-25(17-19-37-34)36(3,4)5;/h6-20,23-24H,1-5H3;/q-3;. The predicted octanol–water partition coefficient (Wildman–Crippen LogP) is 8.75. The number of para-hydroxylation sites is 1. The fraction of sp³-hybridized carbons (Fsp3) is 0.194. The molecule has 3 aromatic heterocycles. The summed E-state index contributed by atoms with van der Waals surface area (Å²) in [6.07, 6.45) is 3.72. The second-order valence-electron chi connectivity index (χ2n) is 11.9. The number of ether oxygens (including phenoxy) is 1. The van der Waals surface area contributed by atoms with Gasteiger partial charge in [-0.2, -0.15) is 12.1 Å². The van der Waals surface area contributed by atoms with E-state index < -0.39 is 0 Å². The third-order valence-corrected chi connectivity index (χ3v) is 7.70. The van der Waals surface area contributed by atoms with E-state index in [1.54, 1.807) is 0 Å². The summed E-state index contributed by atoms with van der Waals surface area (Å²) >= 11 is 0. The van der Waals surface area contributed by atoms with Crippen LogP contribution < -0.4 is 14.5 Å². The Hall–Kier alpha value is -4.15. The molecule has 6 aromatic rings. The average Bonchev–Trinajstić information content (AvgIpc) is 3.53. The van der Waals surface area contributed by atoms with Gasteiger partial charge in [-0.3, -0.25) is 0 Å². The molecule has 3 aromatic carbocycles. The van der Waals surface area contributed by atoms with Crippen LogP contribution >= 0.6 is 0 Å². The Balaban J connectivity index is 0.00000329. The van der Waals surface area contributed by atoms with Gasteiger partial charge in [-0.1, -0.05) is 44.5 Å². The van der Waals surface area contributed by atoms with E-state index in [4.69, 9.17) is 9.72 Å². The molecule has 220 valence electrons. The van der Waals surface area contributed by atoms with Gasteiger partial charge in [0.05, 0.1) is 5.69 Å². The van der Waals surface area contributed by atoms with Crippen molar-refractivity contribution in [2.75, 3.05) is 9.80 Å². The predicted molar refractivity (Wildman–Crippen MR) is 170 cm³/mol. The Morgan fingerprint density at radius 2 is 1.63 bits per heavy atom. The molecule has 0 saturated carbocycles. The molecular formula is C36H32N5OPt-3. The SMILES string of the molecule is CC(C)N1[CH-]N(c2[c-]c(Oc3[c-]c4c(cc3)c3ccccc3n4-c3cc(C(C)(C)C)ccn3)ccc2)c2cccnc21.[Pt]. The minimum Gasteiger partial charge on any atom is -0.509 e. The minimum absolute atomic E-state index is 0. The zero-order valence-electron chi connectivity index (χ0n) is 24.8. The van der Waals surface area contributed by atoms with Gasteiger partial charge >= 0.3 is 0 Å². The van der Waals surface area contributed by atoms with E-state index in [-0.39, 0.29) is 32.5 Å². The van der Waals surface area contributed by atoms with Gasteiger partial charge in [-0.25, -0.2) is 9.97 Å². The maximum atomic E-state index is 6.40. The first kappa shape index (κ1) is 28.9. The van der Waals surface area contributed by atoms with Crippen LogP contribution in [-0.2, 0) is 26.5 Å². The molecule has 0 aliphatic carbocycles. The first-order chi connectivity index (χ1) is 20.3. The number of pyridine rings is 2. The van der Waals surface area contributed by atoms with Crippen molar-refractivity contribution in [3.63, 3.8) is 0 Å². The number of hydrogen-bond donors (Lipinski definition) is 0. The largest absolute Gasteiger partial charge is 0.509 e. The van der Waals surface area contributed by atoms with E-state index in [1.165, 1.54) is 5.56 Å². The first-order valence-electron chi connectivity index (χ1n) is 14.3. The van der Waals surface area contributed by atoms with Gasteiger partial charge in [0, 0.05) is 50.5 Å². The molecule has 1 aliphatic rings. The van der Waals surface area contributed by atoms with Gasteiger partial charge in [0.25, 0.3) is 0 Å². The van der Waals surface area contributed by atoms with Crippen molar-refractivity contribution in [2.24, 2.45) is 0 Å². The second-order valence-corrected chi connectivity index (χ2v) is 11.9. The Morgan fingerprint density at radius 1 is 0.814 bits per heavy atom. The zero-order valence-corrected chi connectivity index (χ0v) is 27.0. The van der Waals surface area contributed by atoms with Crippen LogP contribution in [0.25, 0.3) is 27.6 Å². The van der Waals surface area contributed by atoms with Gasteiger partial charge in [0.15, 0.2) is 0 Å². The number of aromatic nitrogens is 3. The van der Waals surface area contributed by atoms with Crippen LogP contribution in [0, 0.1) is 18.8 Å². The molecule has 7 rings (SSSR count). The van der Waals surface area contributed by atoms with Crippen molar-refractivity contribution >= 4 is 39.0 Å². The summed E-state index contributed by atoms with van der Waals surface area (Å²) in [4.78, 5) is 13.7. The molecule has 0 N–H and O–H groups in total. The van der Waals surface area contributed by atoms with Crippen LogP contribution in [0.3, 0.4) is 0 Å². The smallest absolute Gasteiger partial charge is 0.135 e. The Labute approximate surface area is 267 Å². The van der Waals surface area contributed by atoms with Gasteiger partial charge in [0.2, 0.25) is 0 Å². The van der Waals surface area contributed by atoms with Crippen molar-refractivity contribution in [1.82, 2.24) is 14.5 Å². The topological polar surface area (TPSA) is 46.4 Å². The van der Waals surface area contributed by atoms with Gasteiger partial charge < -0.3 is 19.1 Å². The minimum atomic E-state index is 0. The third kappa shape index (κ3) is 5.19. The summed E-state index contributed by atoms with van der Waals surface area (Å²) < 4.78 is 8.58. The molecule has 43 heavy (non-hydrogen) atoms. The normalized spacial score (nSPS) is 13.1. The summed E-state index contributed by atoms with van der Waals surface area (Å²) in [6, 6.07) is 34.0.